The summed E-state index contributed by atoms with van der Waals surface area (Å²) in [6.45, 7) is 6.25. The first-order valence-corrected chi connectivity index (χ1v) is 14.4. The van der Waals surface area contributed by atoms with Gasteiger partial charge < -0.3 is 15.3 Å². The van der Waals surface area contributed by atoms with Gasteiger partial charge in [0.15, 0.2) is 0 Å². The van der Waals surface area contributed by atoms with Crippen LogP contribution in [0.15, 0.2) is 29.2 Å². The molecule has 1 saturated heterocycles. The third kappa shape index (κ3) is 6.45. The molecular weight excluding hydrogens is 482 g/mol. The molecule has 0 aromatic heterocycles. The van der Waals surface area contributed by atoms with Gasteiger partial charge in [-0.2, -0.15) is 4.72 Å². The number of nitrogens with zero attached hydrogens (tertiary/aromatic N) is 1. The van der Waals surface area contributed by atoms with E-state index < -0.39 is 27.6 Å². The first kappa shape index (κ1) is 28.1. The molecule has 200 valence electrons. The number of hydrogen-bond donors (Lipinski definition) is 3. The fourth-order valence-corrected chi connectivity index (χ4v) is 6.34. The van der Waals surface area contributed by atoms with E-state index in [0.717, 1.165) is 24.8 Å². The highest BCUT2D eigenvalue weighted by Crippen LogP contribution is 2.30. The molecule has 2 aliphatic rings. The van der Waals surface area contributed by atoms with Crippen LogP contribution in [0.5, 0.6) is 0 Å². The van der Waals surface area contributed by atoms with E-state index in [1.807, 2.05) is 20.8 Å². The Morgan fingerprint density at radius 2 is 1.67 bits per heavy atom. The van der Waals surface area contributed by atoms with Crippen LogP contribution in [-0.4, -0.2) is 60.9 Å². The number of sulfonamides is 1. The normalized spacial score (nSPS) is 20.4. The number of amides is 2. The molecule has 1 aromatic rings. The summed E-state index contributed by atoms with van der Waals surface area (Å²) in [5.41, 5.74) is -0.258. The van der Waals surface area contributed by atoms with Gasteiger partial charge in [0.1, 0.15) is 11.6 Å². The number of piperidine rings is 1. The molecule has 3 rings (SSSR count). The van der Waals surface area contributed by atoms with Crippen LogP contribution in [0.25, 0.3) is 0 Å². The summed E-state index contributed by atoms with van der Waals surface area (Å²) in [4.78, 5) is 40.0. The van der Waals surface area contributed by atoms with Gasteiger partial charge in [0.05, 0.1) is 4.90 Å². The van der Waals surface area contributed by atoms with Crippen LogP contribution in [0.4, 0.5) is 0 Å². The smallest absolute Gasteiger partial charge is 0.329 e. The largest absolute Gasteiger partial charge is 0.480 e. The van der Waals surface area contributed by atoms with Crippen molar-refractivity contribution >= 4 is 27.8 Å². The summed E-state index contributed by atoms with van der Waals surface area (Å²) in [6, 6.07) is 5.56. The van der Waals surface area contributed by atoms with Crippen LogP contribution >= 0.6 is 0 Å². The summed E-state index contributed by atoms with van der Waals surface area (Å²) >= 11 is 0. The molecule has 1 aliphatic heterocycles. The molecule has 2 amide bonds. The van der Waals surface area contributed by atoms with E-state index >= 15 is 0 Å². The number of carbonyl (C=O) groups is 3. The van der Waals surface area contributed by atoms with Crippen LogP contribution < -0.4 is 10.0 Å². The molecule has 1 saturated carbocycles. The number of carbonyl (C=O) groups excluding carboxylic acids is 2. The monoisotopic (exact) mass is 521 g/mol. The van der Waals surface area contributed by atoms with Gasteiger partial charge in [-0.3, -0.25) is 9.59 Å². The van der Waals surface area contributed by atoms with Gasteiger partial charge in [-0.05, 0) is 50.7 Å². The van der Waals surface area contributed by atoms with Crippen molar-refractivity contribution in [2.75, 3.05) is 13.1 Å². The topological polar surface area (TPSA) is 133 Å². The molecule has 10 heteroatoms. The molecule has 1 heterocycles. The van der Waals surface area contributed by atoms with E-state index in [1.165, 1.54) is 12.1 Å². The quantitative estimate of drug-likeness (QED) is 0.458. The fourth-order valence-electron chi connectivity index (χ4n) is 5.04. The van der Waals surface area contributed by atoms with E-state index in [4.69, 9.17) is 0 Å². The van der Waals surface area contributed by atoms with Crippen molar-refractivity contribution in [1.29, 1.82) is 0 Å². The molecule has 2 atom stereocenters. The minimum atomic E-state index is -3.89. The SMILES string of the molecule is CCC(C)[C@H](NS(=O)(=O)c1ccc(C)cc1)C(=O)N1CCC(C(=O)NC2(C(=O)O)CCCCC2)CC1. The number of hydrogen-bond acceptors (Lipinski definition) is 5. The number of benzene rings is 1. The number of nitrogens with one attached hydrogen (secondary N) is 2. The lowest BCUT2D eigenvalue weighted by Crippen LogP contribution is -2.58. The van der Waals surface area contributed by atoms with E-state index in [1.54, 1.807) is 17.0 Å². The summed E-state index contributed by atoms with van der Waals surface area (Å²) in [6.07, 6.45) is 4.81. The highest BCUT2D eigenvalue weighted by Gasteiger charge is 2.43. The number of aliphatic carboxylic acids is 1. The second-order valence-electron chi connectivity index (χ2n) is 10.3. The van der Waals surface area contributed by atoms with E-state index in [2.05, 4.69) is 10.0 Å². The Kier molecular flexibility index (Phi) is 9.16. The van der Waals surface area contributed by atoms with Crippen LogP contribution in [0.1, 0.15) is 70.8 Å². The average molecular weight is 522 g/mol. The number of likely N-dealkylation sites (tertiary alicyclic amines) is 1. The highest BCUT2D eigenvalue weighted by molar-refractivity contribution is 7.89. The Bertz CT molecular complexity index is 1040. The van der Waals surface area contributed by atoms with E-state index in [-0.39, 0.29) is 28.5 Å². The van der Waals surface area contributed by atoms with Crippen molar-refractivity contribution in [2.45, 2.75) is 88.6 Å². The molecule has 9 nitrogen and oxygen atoms in total. The molecule has 2 fully saturated rings. The zero-order valence-corrected chi connectivity index (χ0v) is 22.3. The van der Waals surface area contributed by atoms with Crippen molar-refractivity contribution in [1.82, 2.24) is 14.9 Å². The minimum Gasteiger partial charge on any atom is -0.480 e. The number of carboxylic acid groups (broad SMARTS) is 1. The third-order valence-electron chi connectivity index (χ3n) is 7.75. The second-order valence-corrected chi connectivity index (χ2v) is 12.0. The Balaban J connectivity index is 1.64. The maximum atomic E-state index is 13.4. The van der Waals surface area contributed by atoms with Crippen LogP contribution in [0.2, 0.25) is 0 Å². The Labute approximate surface area is 214 Å². The van der Waals surface area contributed by atoms with Gasteiger partial charge in [-0.1, -0.05) is 57.2 Å². The zero-order chi connectivity index (χ0) is 26.5. The van der Waals surface area contributed by atoms with Gasteiger partial charge in [0, 0.05) is 19.0 Å². The van der Waals surface area contributed by atoms with Gasteiger partial charge >= 0.3 is 5.97 Å². The van der Waals surface area contributed by atoms with Crippen molar-refractivity contribution < 1.29 is 27.9 Å². The summed E-state index contributed by atoms with van der Waals surface area (Å²) in [5, 5.41) is 12.6. The molecule has 1 aromatic carbocycles. The fraction of sp³-hybridized carbons (Fsp3) is 0.654. The Morgan fingerprint density at radius 3 is 2.19 bits per heavy atom. The van der Waals surface area contributed by atoms with Crippen LogP contribution in [0.3, 0.4) is 0 Å². The maximum absolute atomic E-state index is 13.4. The lowest BCUT2D eigenvalue weighted by Gasteiger charge is -2.38. The van der Waals surface area contributed by atoms with Crippen molar-refractivity contribution in [2.24, 2.45) is 11.8 Å². The second kappa shape index (κ2) is 11.7. The molecule has 3 N–H and O–H groups in total. The molecular formula is C26H39N3O6S. The lowest BCUT2D eigenvalue weighted by atomic mass is 9.81. The molecule has 1 unspecified atom stereocenters. The van der Waals surface area contributed by atoms with Crippen LogP contribution in [-0.2, 0) is 24.4 Å². The zero-order valence-electron chi connectivity index (χ0n) is 21.5. The Hall–Kier alpha value is -2.46. The molecule has 36 heavy (non-hydrogen) atoms. The van der Waals surface area contributed by atoms with Gasteiger partial charge in [-0.15, -0.1) is 0 Å². The number of carboxylic acids is 1. The first-order chi connectivity index (χ1) is 17.0. The lowest BCUT2D eigenvalue weighted by molar-refractivity contribution is -0.150. The summed E-state index contributed by atoms with van der Waals surface area (Å²) < 4.78 is 28.6. The van der Waals surface area contributed by atoms with E-state index in [0.29, 0.717) is 45.2 Å². The number of aryl methyl sites for hydroxylation is 1. The van der Waals surface area contributed by atoms with Crippen molar-refractivity contribution in [3.05, 3.63) is 29.8 Å². The van der Waals surface area contributed by atoms with Crippen molar-refractivity contribution in [3.63, 3.8) is 0 Å². The highest BCUT2D eigenvalue weighted by atomic mass is 32.2. The molecule has 1 aliphatic carbocycles. The predicted octanol–water partition coefficient (Wildman–Crippen LogP) is 2.83. The van der Waals surface area contributed by atoms with E-state index in [9.17, 15) is 27.9 Å². The molecule has 0 bridgehead atoms. The minimum absolute atomic E-state index is 0.111. The Morgan fingerprint density at radius 1 is 1.08 bits per heavy atom. The summed E-state index contributed by atoms with van der Waals surface area (Å²) in [7, 11) is -3.89. The first-order valence-electron chi connectivity index (χ1n) is 12.9. The third-order valence-corrected chi connectivity index (χ3v) is 9.21. The molecule has 0 spiro atoms. The maximum Gasteiger partial charge on any atom is 0.329 e. The number of rotatable bonds is 9. The average Bonchev–Trinajstić information content (AvgIpc) is 2.87. The molecule has 0 radical (unpaired) electrons. The van der Waals surface area contributed by atoms with Gasteiger partial charge in [0.2, 0.25) is 21.8 Å². The van der Waals surface area contributed by atoms with Gasteiger partial charge in [-0.25, -0.2) is 13.2 Å². The standard InChI is InChI=1S/C26H39N3O6S/c1-4-19(3)22(28-36(34,35)21-10-8-18(2)9-11-21)24(31)29-16-12-20(13-17-29)23(30)27-26(25(32)33)14-6-5-7-15-26/h8-11,19-20,22,28H,4-7,12-17H2,1-3H3,(H,27,30)(H,32,33)/t19?,22-/m0/s1. The van der Waals surface area contributed by atoms with Crippen LogP contribution in [0, 0.1) is 18.8 Å². The van der Waals surface area contributed by atoms with Gasteiger partial charge in [0.25, 0.3) is 0 Å². The summed E-state index contributed by atoms with van der Waals surface area (Å²) in [5.74, 6) is -2.16. The predicted molar refractivity (Wildman–Crippen MR) is 136 cm³/mol. The van der Waals surface area contributed by atoms with Crippen molar-refractivity contribution in [3.8, 4) is 0 Å².